The smallest absolute Gasteiger partial charge is 0.376 e. The van der Waals surface area contributed by atoms with E-state index in [1.807, 2.05) is 0 Å². The molecule has 0 aromatic heterocycles. The van der Waals surface area contributed by atoms with Crippen molar-refractivity contribution in [2.24, 2.45) is 0 Å². The number of esters is 3. The minimum atomic E-state index is -1.49. The Morgan fingerprint density at radius 2 is 1.71 bits per heavy atom. The molecule has 1 N–H and O–H groups in total. The van der Waals surface area contributed by atoms with E-state index in [1.54, 1.807) is 0 Å². The fraction of sp³-hybridized carbons (Fsp3) is 0.500. The third kappa shape index (κ3) is 3.91. The monoisotopic (exact) mass is 345 g/mol. The Balaban J connectivity index is 3.43. The van der Waals surface area contributed by atoms with Gasteiger partial charge in [-0.2, -0.15) is 0 Å². The third-order valence-electron chi connectivity index (χ3n) is 3.13. The van der Waals surface area contributed by atoms with Gasteiger partial charge in [0.15, 0.2) is 5.72 Å². The quantitative estimate of drug-likeness (QED) is 0.234. The fourth-order valence-electron chi connectivity index (χ4n) is 1.92. The maximum Gasteiger partial charge on any atom is 0.376 e. The zero-order valence-electron chi connectivity index (χ0n) is 13.9. The van der Waals surface area contributed by atoms with Gasteiger partial charge >= 0.3 is 17.9 Å². The van der Waals surface area contributed by atoms with Crippen molar-refractivity contribution >= 4 is 17.9 Å². The lowest BCUT2D eigenvalue weighted by atomic mass is 10.0. The molecule has 0 aromatic carbocycles. The summed E-state index contributed by atoms with van der Waals surface area (Å²) >= 11 is 0. The van der Waals surface area contributed by atoms with Crippen molar-refractivity contribution in [1.82, 2.24) is 5.06 Å². The van der Waals surface area contributed by atoms with E-state index >= 15 is 0 Å². The van der Waals surface area contributed by atoms with Gasteiger partial charge in [-0.15, -0.1) is 0 Å². The summed E-state index contributed by atoms with van der Waals surface area (Å²) in [6, 6.07) is -1.09. The number of hydroxylamine groups is 2. The van der Waals surface area contributed by atoms with Crippen LogP contribution in [-0.2, 0) is 38.3 Å². The molecule has 0 amide bonds. The van der Waals surface area contributed by atoms with E-state index in [0.717, 1.165) is 25.4 Å². The zero-order valence-corrected chi connectivity index (χ0v) is 13.9. The van der Waals surface area contributed by atoms with Crippen molar-refractivity contribution in [3.8, 4) is 0 Å². The number of methoxy groups -OCH3 is 3. The van der Waals surface area contributed by atoms with Crippen molar-refractivity contribution in [3.05, 3.63) is 23.5 Å². The molecule has 1 atom stereocenters. The van der Waals surface area contributed by atoms with E-state index in [2.05, 4.69) is 19.1 Å². The average Bonchev–Trinajstić information content (AvgIpc) is 2.98. The summed E-state index contributed by atoms with van der Waals surface area (Å²) in [5.41, 5.74) is -1.71. The molecule has 0 bridgehead atoms. The molecule has 1 heterocycles. The number of ether oxygens (including phenoxy) is 3. The van der Waals surface area contributed by atoms with Gasteiger partial charge in [0.2, 0.25) is 5.76 Å². The first-order chi connectivity index (χ1) is 11.2. The molecule has 0 fully saturated rings. The van der Waals surface area contributed by atoms with Gasteiger partial charge in [0.05, 0.1) is 21.3 Å². The molecule has 1 rings (SSSR count). The van der Waals surface area contributed by atoms with Crippen LogP contribution < -0.4 is 0 Å². The average molecular weight is 345 g/mol. The second-order valence-corrected chi connectivity index (χ2v) is 5.01. The van der Waals surface area contributed by atoms with Gasteiger partial charge in [0.25, 0.3) is 0 Å². The highest BCUT2D eigenvalue weighted by Gasteiger charge is 2.49. The Labute approximate surface area is 138 Å². The number of rotatable bonds is 6. The first-order valence-corrected chi connectivity index (χ1v) is 6.70. The molecule has 10 heteroatoms. The van der Waals surface area contributed by atoms with Crippen molar-refractivity contribution in [2.45, 2.75) is 25.6 Å². The summed E-state index contributed by atoms with van der Waals surface area (Å²) in [7, 11) is 3.39. The summed E-state index contributed by atoms with van der Waals surface area (Å²) in [6.45, 7) is 2.81. The van der Waals surface area contributed by atoms with Gasteiger partial charge < -0.3 is 19.0 Å². The van der Waals surface area contributed by atoms with Gasteiger partial charge in [0.1, 0.15) is 11.6 Å². The molecular formula is C14H19NO9. The predicted octanol–water partition coefficient (Wildman–Crippen LogP) is 0.157. The molecule has 0 aromatic rings. The Hall–Kier alpha value is -2.43. The van der Waals surface area contributed by atoms with Crippen LogP contribution in [0.15, 0.2) is 23.5 Å². The van der Waals surface area contributed by atoms with Crippen LogP contribution in [0.4, 0.5) is 0 Å². The number of carbonyl (C=O) groups excluding carboxylic acids is 3. The van der Waals surface area contributed by atoms with Crippen molar-refractivity contribution in [2.75, 3.05) is 21.3 Å². The molecule has 0 aliphatic carbocycles. The minimum absolute atomic E-state index is 0.227. The van der Waals surface area contributed by atoms with Crippen LogP contribution in [0.2, 0.25) is 0 Å². The predicted molar refractivity (Wildman–Crippen MR) is 76.7 cm³/mol. The molecule has 0 spiro atoms. The minimum Gasteiger partial charge on any atom is -0.466 e. The first kappa shape index (κ1) is 19.6. The molecule has 134 valence electrons. The normalized spacial score (nSPS) is 18.5. The highest BCUT2D eigenvalue weighted by Crippen LogP contribution is 2.35. The maximum atomic E-state index is 12.1. The lowest BCUT2D eigenvalue weighted by Gasteiger charge is -2.33. The largest absolute Gasteiger partial charge is 0.466 e. The second kappa shape index (κ2) is 7.90. The van der Waals surface area contributed by atoms with Crippen molar-refractivity contribution in [3.63, 3.8) is 0 Å². The SMILES string of the molecule is COC(=O)/C=C\C1C(C(=O)OC)=C(C(=O)OC)ON1C(C)(C)OO. The summed E-state index contributed by atoms with van der Waals surface area (Å²) in [4.78, 5) is 45.0. The summed E-state index contributed by atoms with van der Waals surface area (Å²) < 4.78 is 13.7. The van der Waals surface area contributed by atoms with Crippen LogP contribution in [0.1, 0.15) is 13.8 Å². The molecule has 1 unspecified atom stereocenters. The summed E-state index contributed by atoms with van der Waals surface area (Å²) in [6.07, 6.45) is 2.26. The first-order valence-electron chi connectivity index (χ1n) is 6.70. The van der Waals surface area contributed by atoms with Crippen molar-refractivity contribution in [1.29, 1.82) is 0 Å². The highest BCUT2D eigenvalue weighted by molar-refractivity contribution is 6.01. The Bertz CT molecular complexity index is 579. The lowest BCUT2D eigenvalue weighted by molar-refractivity contribution is -0.400. The van der Waals surface area contributed by atoms with E-state index in [9.17, 15) is 14.4 Å². The van der Waals surface area contributed by atoms with Gasteiger partial charge in [-0.3, -0.25) is 0 Å². The molecular weight excluding hydrogens is 326 g/mol. The molecule has 0 saturated heterocycles. The maximum absolute atomic E-state index is 12.1. The highest BCUT2D eigenvalue weighted by atomic mass is 17.1. The molecule has 1 aliphatic rings. The second-order valence-electron chi connectivity index (χ2n) is 5.01. The Morgan fingerprint density at radius 3 is 2.17 bits per heavy atom. The number of nitrogens with zero attached hydrogens (tertiary/aromatic N) is 1. The molecule has 24 heavy (non-hydrogen) atoms. The molecule has 1 aliphatic heterocycles. The van der Waals surface area contributed by atoms with E-state index in [1.165, 1.54) is 27.0 Å². The van der Waals surface area contributed by atoms with Gasteiger partial charge in [0, 0.05) is 6.08 Å². The van der Waals surface area contributed by atoms with Crippen LogP contribution in [-0.4, -0.2) is 61.3 Å². The Kier molecular flexibility index (Phi) is 6.46. The fourth-order valence-corrected chi connectivity index (χ4v) is 1.92. The molecule has 0 saturated carbocycles. The number of carbonyl (C=O) groups is 3. The summed E-state index contributed by atoms with van der Waals surface area (Å²) in [5, 5.41) is 10.1. The standard InChI is InChI=1S/C14H19NO9/c1-14(2,24-19)15-8(6-7-9(16)20-3)10(12(17)21-4)11(23-15)13(18)22-5/h6-8,19H,1-5H3/b7-6-. The topological polar surface area (TPSA) is 121 Å². The molecule has 0 radical (unpaired) electrons. The third-order valence-corrected chi connectivity index (χ3v) is 3.13. The van der Waals surface area contributed by atoms with Crippen LogP contribution >= 0.6 is 0 Å². The van der Waals surface area contributed by atoms with Gasteiger partial charge in [-0.05, 0) is 13.8 Å². The van der Waals surface area contributed by atoms with Gasteiger partial charge in [-0.1, -0.05) is 11.1 Å². The zero-order chi connectivity index (χ0) is 18.5. The number of hydrogen-bond acceptors (Lipinski definition) is 10. The van der Waals surface area contributed by atoms with E-state index < -0.39 is 35.4 Å². The lowest BCUT2D eigenvalue weighted by Crippen LogP contribution is -2.48. The summed E-state index contributed by atoms with van der Waals surface area (Å²) in [5.74, 6) is -2.98. The molecule has 10 nitrogen and oxygen atoms in total. The van der Waals surface area contributed by atoms with Crippen LogP contribution in [0, 0.1) is 0 Å². The van der Waals surface area contributed by atoms with E-state index in [4.69, 9.17) is 10.1 Å². The van der Waals surface area contributed by atoms with Crippen molar-refractivity contribution < 1.29 is 43.6 Å². The van der Waals surface area contributed by atoms with E-state index in [-0.39, 0.29) is 5.57 Å². The van der Waals surface area contributed by atoms with Crippen LogP contribution in [0.3, 0.4) is 0 Å². The van der Waals surface area contributed by atoms with Crippen LogP contribution in [0.25, 0.3) is 0 Å². The van der Waals surface area contributed by atoms with E-state index in [0.29, 0.717) is 0 Å². The number of hydrogen-bond donors (Lipinski definition) is 1. The van der Waals surface area contributed by atoms with Gasteiger partial charge in [-0.25, -0.2) is 24.5 Å². The Morgan fingerprint density at radius 1 is 1.12 bits per heavy atom. The van der Waals surface area contributed by atoms with Crippen LogP contribution in [0.5, 0.6) is 0 Å².